The van der Waals surface area contributed by atoms with Gasteiger partial charge in [-0.3, -0.25) is 4.21 Å². The molecule has 0 aromatic rings. The number of hydrogen-bond acceptors (Lipinski definition) is 7. The van der Waals surface area contributed by atoms with Crippen LogP contribution in [0, 0.1) is 0 Å². The summed E-state index contributed by atoms with van der Waals surface area (Å²) >= 11 is -2.59. The molecular weight excluding hydrogens is 230 g/mol. The second-order valence-electron chi connectivity index (χ2n) is 2.88. The van der Waals surface area contributed by atoms with Gasteiger partial charge in [0.1, 0.15) is 18.3 Å². The zero-order chi connectivity index (χ0) is 12.0. The van der Waals surface area contributed by atoms with E-state index < -0.39 is 48.8 Å². The fourth-order valence-corrected chi connectivity index (χ4v) is 1.14. The molecule has 0 aliphatic heterocycles. The van der Waals surface area contributed by atoms with Crippen LogP contribution in [0.5, 0.6) is 0 Å². The number of aliphatic hydroxyl groups excluding tert-OH is 5. The van der Waals surface area contributed by atoms with Gasteiger partial charge in [0.05, 0.1) is 12.7 Å². The summed E-state index contributed by atoms with van der Waals surface area (Å²) in [5.74, 6) is 0. The van der Waals surface area contributed by atoms with Gasteiger partial charge in [-0.25, -0.2) is 4.72 Å². The van der Waals surface area contributed by atoms with Gasteiger partial charge in [0.15, 0.2) is 0 Å². The summed E-state index contributed by atoms with van der Waals surface area (Å²) in [4.78, 5) is 0. The average Bonchev–Trinajstić information content (AvgIpc) is 2.22. The second kappa shape index (κ2) is 7.19. The third-order valence-electron chi connectivity index (χ3n) is 1.74. The molecule has 92 valence electrons. The first-order valence-electron chi connectivity index (χ1n) is 4.06. The molecule has 0 rings (SSSR count). The SMILES string of the molecule is O=S([O-])NCC(O)C(O)C(O)C(O)CO. The largest absolute Gasteiger partial charge is 0.760 e. The molecule has 0 spiro atoms. The van der Waals surface area contributed by atoms with E-state index in [1.54, 1.807) is 4.72 Å². The number of aliphatic hydroxyl groups is 5. The molecule has 0 saturated carbocycles. The molecule has 0 aliphatic carbocycles. The molecule has 0 amide bonds. The van der Waals surface area contributed by atoms with Gasteiger partial charge in [0.2, 0.25) is 0 Å². The molecule has 0 fully saturated rings. The molecule has 9 heteroatoms. The maximum Gasteiger partial charge on any atom is 0.111 e. The van der Waals surface area contributed by atoms with E-state index in [-0.39, 0.29) is 0 Å². The standard InChI is InChI=1S/C6H15NO7S/c8-2-4(10)6(12)5(11)3(9)1-7-15(13)14/h3-12H,1-2H2,(H,13,14)/p-1. The number of hydrogen-bond donors (Lipinski definition) is 6. The van der Waals surface area contributed by atoms with Gasteiger partial charge in [0, 0.05) is 17.8 Å². The van der Waals surface area contributed by atoms with E-state index in [1.165, 1.54) is 0 Å². The van der Waals surface area contributed by atoms with Crippen LogP contribution in [0.3, 0.4) is 0 Å². The van der Waals surface area contributed by atoms with Crippen molar-refractivity contribution in [1.82, 2.24) is 4.72 Å². The second-order valence-corrected chi connectivity index (χ2v) is 3.64. The Kier molecular flexibility index (Phi) is 7.13. The Bertz CT molecular complexity index is 204. The van der Waals surface area contributed by atoms with E-state index in [2.05, 4.69) is 0 Å². The van der Waals surface area contributed by atoms with Crippen LogP contribution in [-0.2, 0) is 11.3 Å². The van der Waals surface area contributed by atoms with Crippen molar-refractivity contribution in [1.29, 1.82) is 0 Å². The Morgan fingerprint density at radius 1 is 1.13 bits per heavy atom. The molecule has 0 aromatic heterocycles. The van der Waals surface area contributed by atoms with Crippen LogP contribution in [-0.4, -0.2) is 71.9 Å². The summed E-state index contributed by atoms with van der Waals surface area (Å²) in [5.41, 5.74) is 0. The molecule has 0 saturated heterocycles. The molecule has 0 heterocycles. The smallest absolute Gasteiger partial charge is 0.111 e. The van der Waals surface area contributed by atoms with Crippen LogP contribution in [0.2, 0.25) is 0 Å². The lowest BCUT2D eigenvalue weighted by Gasteiger charge is -2.25. The highest BCUT2D eigenvalue weighted by atomic mass is 32.2. The van der Waals surface area contributed by atoms with Gasteiger partial charge in [-0.05, 0) is 0 Å². The summed E-state index contributed by atoms with van der Waals surface area (Å²) in [6, 6.07) is 0. The third kappa shape index (κ3) is 5.49. The van der Waals surface area contributed by atoms with Gasteiger partial charge in [0.25, 0.3) is 0 Å². The molecule has 0 bridgehead atoms. The first-order chi connectivity index (χ1) is 6.90. The minimum atomic E-state index is -2.59. The molecule has 0 radical (unpaired) electrons. The maximum absolute atomic E-state index is 10.0. The van der Waals surface area contributed by atoms with Crippen molar-refractivity contribution in [3.05, 3.63) is 0 Å². The Hall–Kier alpha value is -0.130. The summed E-state index contributed by atoms with van der Waals surface area (Å²) in [7, 11) is 0. The molecule has 5 unspecified atom stereocenters. The third-order valence-corrected chi connectivity index (χ3v) is 2.14. The van der Waals surface area contributed by atoms with Crippen molar-refractivity contribution in [2.24, 2.45) is 0 Å². The lowest BCUT2D eigenvalue weighted by molar-refractivity contribution is -0.113. The minimum Gasteiger partial charge on any atom is -0.760 e. The van der Waals surface area contributed by atoms with Crippen molar-refractivity contribution in [2.45, 2.75) is 24.4 Å². The highest BCUT2D eigenvalue weighted by Crippen LogP contribution is 2.04. The Morgan fingerprint density at radius 2 is 1.60 bits per heavy atom. The van der Waals surface area contributed by atoms with Crippen LogP contribution >= 0.6 is 0 Å². The maximum atomic E-state index is 10.0. The van der Waals surface area contributed by atoms with Crippen molar-refractivity contribution < 1.29 is 34.3 Å². The first kappa shape index (κ1) is 14.9. The van der Waals surface area contributed by atoms with Crippen LogP contribution in [0.15, 0.2) is 0 Å². The Morgan fingerprint density at radius 3 is 2.00 bits per heavy atom. The molecular formula is C6H14NO7S-. The van der Waals surface area contributed by atoms with E-state index in [1.807, 2.05) is 0 Å². The Balaban J connectivity index is 4.06. The molecule has 8 nitrogen and oxygen atoms in total. The fourth-order valence-electron chi connectivity index (χ4n) is 0.837. The van der Waals surface area contributed by atoms with E-state index in [9.17, 15) is 13.9 Å². The summed E-state index contributed by atoms with van der Waals surface area (Å²) in [6.45, 7) is -1.29. The topological polar surface area (TPSA) is 153 Å². The van der Waals surface area contributed by atoms with Crippen molar-refractivity contribution in [3.63, 3.8) is 0 Å². The average molecular weight is 244 g/mol. The molecule has 15 heavy (non-hydrogen) atoms. The lowest BCUT2D eigenvalue weighted by Crippen LogP contribution is -2.49. The number of rotatable bonds is 7. The van der Waals surface area contributed by atoms with Gasteiger partial charge in [-0.2, -0.15) is 0 Å². The monoisotopic (exact) mass is 244 g/mol. The van der Waals surface area contributed by atoms with Crippen molar-refractivity contribution >= 4 is 11.3 Å². The molecule has 0 aliphatic rings. The van der Waals surface area contributed by atoms with Crippen LogP contribution in [0.25, 0.3) is 0 Å². The Labute approximate surface area is 88.6 Å². The quantitative estimate of drug-likeness (QED) is 0.248. The van der Waals surface area contributed by atoms with Crippen molar-refractivity contribution in [3.8, 4) is 0 Å². The highest BCUT2D eigenvalue weighted by Gasteiger charge is 2.29. The van der Waals surface area contributed by atoms with Gasteiger partial charge >= 0.3 is 0 Å². The van der Waals surface area contributed by atoms with E-state index in [0.29, 0.717) is 0 Å². The molecule has 6 N–H and O–H groups in total. The predicted octanol–water partition coefficient (Wildman–Crippen LogP) is -4.19. The van der Waals surface area contributed by atoms with Crippen LogP contribution in [0.1, 0.15) is 0 Å². The van der Waals surface area contributed by atoms with Gasteiger partial charge in [-0.15, -0.1) is 0 Å². The van der Waals surface area contributed by atoms with E-state index >= 15 is 0 Å². The zero-order valence-electron chi connectivity index (χ0n) is 7.68. The van der Waals surface area contributed by atoms with Crippen LogP contribution in [0.4, 0.5) is 0 Å². The highest BCUT2D eigenvalue weighted by molar-refractivity contribution is 7.77. The normalized spacial score (nSPS) is 21.7. The fraction of sp³-hybridized carbons (Fsp3) is 1.00. The summed E-state index contributed by atoms with van der Waals surface area (Å²) in [5, 5.41) is 44.8. The molecule has 5 atom stereocenters. The first-order valence-corrected chi connectivity index (χ1v) is 5.13. The van der Waals surface area contributed by atoms with Crippen molar-refractivity contribution in [2.75, 3.05) is 13.2 Å². The summed E-state index contributed by atoms with van der Waals surface area (Å²) in [6.07, 6.45) is -6.71. The van der Waals surface area contributed by atoms with E-state index in [4.69, 9.17) is 20.4 Å². The van der Waals surface area contributed by atoms with E-state index in [0.717, 1.165) is 0 Å². The van der Waals surface area contributed by atoms with Gasteiger partial charge < -0.3 is 30.1 Å². The van der Waals surface area contributed by atoms with Gasteiger partial charge in [-0.1, -0.05) is 0 Å². The zero-order valence-corrected chi connectivity index (χ0v) is 8.50. The van der Waals surface area contributed by atoms with Crippen LogP contribution < -0.4 is 4.72 Å². The lowest BCUT2D eigenvalue weighted by atomic mass is 10.0. The summed E-state index contributed by atoms with van der Waals surface area (Å²) < 4.78 is 21.9. The molecule has 0 aromatic carbocycles. The number of nitrogens with one attached hydrogen (secondary N) is 1. The minimum absolute atomic E-state index is 0.507. The predicted molar refractivity (Wildman–Crippen MR) is 48.0 cm³/mol.